The average molecular weight is 349 g/mol. The summed E-state index contributed by atoms with van der Waals surface area (Å²) in [5, 5.41) is 2.95. The molecule has 0 radical (unpaired) electrons. The molecule has 7 heteroatoms. The molecule has 3 rings (SSSR count). The fourth-order valence-electron chi connectivity index (χ4n) is 3.14. The molecule has 2 unspecified atom stereocenters. The monoisotopic (exact) mass is 348 g/mol. The van der Waals surface area contributed by atoms with Gasteiger partial charge in [0.2, 0.25) is 10.0 Å². The molecule has 1 N–H and O–H groups in total. The summed E-state index contributed by atoms with van der Waals surface area (Å²) in [7, 11) is -1.64. The minimum Gasteiger partial charge on any atom is -0.452 e. The highest BCUT2D eigenvalue weighted by atomic mass is 79.9. The highest BCUT2D eigenvalue weighted by Gasteiger charge is 2.45. The number of nitrogens with zero attached hydrogens (tertiary/aromatic N) is 1. The van der Waals surface area contributed by atoms with Crippen LogP contribution in [0.25, 0.3) is 0 Å². The normalized spacial score (nSPS) is 27.3. The lowest BCUT2D eigenvalue weighted by Crippen LogP contribution is -2.37. The Morgan fingerprint density at radius 1 is 1.53 bits per heavy atom. The lowest BCUT2D eigenvalue weighted by molar-refractivity contribution is 0.333. The van der Waals surface area contributed by atoms with Crippen molar-refractivity contribution in [1.82, 2.24) is 9.62 Å². The maximum Gasteiger partial charge on any atom is 0.247 e. The number of fused-ring (bicyclic) bond motifs is 2. The molecule has 1 aromatic rings. The summed E-state index contributed by atoms with van der Waals surface area (Å²) in [6.07, 6.45) is 3.16. The van der Waals surface area contributed by atoms with E-state index in [1.54, 1.807) is 17.4 Å². The molecule has 19 heavy (non-hydrogen) atoms. The second-order valence-electron chi connectivity index (χ2n) is 5.29. The molecule has 2 fully saturated rings. The topological polar surface area (TPSA) is 62.6 Å². The highest BCUT2D eigenvalue weighted by Crippen LogP contribution is 2.41. The van der Waals surface area contributed by atoms with Crippen molar-refractivity contribution in [1.29, 1.82) is 0 Å². The Hall–Kier alpha value is -0.370. The second kappa shape index (κ2) is 4.87. The van der Waals surface area contributed by atoms with Gasteiger partial charge in [-0.2, -0.15) is 4.31 Å². The Morgan fingerprint density at radius 2 is 2.32 bits per heavy atom. The standard InChI is InChI=1S/C12H17BrN2O3S/c1-14-6-10-5-11(12(13)18-10)19(16,17)15-7-8-2-3-9(15)4-8/h5,8-9,14H,2-4,6-7H2,1H3. The number of hydrogen-bond donors (Lipinski definition) is 1. The zero-order valence-electron chi connectivity index (χ0n) is 10.7. The van der Waals surface area contributed by atoms with Crippen LogP contribution >= 0.6 is 15.9 Å². The van der Waals surface area contributed by atoms with Gasteiger partial charge in [-0.25, -0.2) is 8.42 Å². The van der Waals surface area contributed by atoms with E-state index in [4.69, 9.17) is 4.42 Å². The van der Waals surface area contributed by atoms with Crippen molar-refractivity contribution in [2.45, 2.75) is 36.7 Å². The Kier molecular flexibility index (Phi) is 3.49. The third-order valence-electron chi connectivity index (χ3n) is 4.00. The van der Waals surface area contributed by atoms with Gasteiger partial charge in [-0.15, -0.1) is 0 Å². The van der Waals surface area contributed by atoms with E-state index < -0.39 is 10.0 Å². The molecule has 1 saturated carbocycles. The van der Waals surface area contributed by atoms with Crippen molar-refractivity contribution in [2.75, 3.05) is 13.6 Å². The SMILES string of the molecule is CNCc1cc(S(=O)(=O)N2CC3CCC2C3)c(Br)o1. The molecule has 2 aliphatic rings. The molecule has 5 nitrogen and oxygen atoms in total. The van der Waals surface area contributed by atoms with Crippen molar-refractivity contribution in [3.05, 3.63) is 16.5 Å². The summed E-state index contributed by atoms with van der Waals surface area (Å²) in [5.41, 5.74) is 0. The molecule has 1 aliphatic carbocycles. The second-order valence-corrected chi connectivity index (χ2v) is 7.87. The van der Waals surface area contributed by atoms with Crippen molar-refractivity contribution in [3.63, 3.8) is 0 Å². The molecule has 0 aromatic carbocycles. The van der Waals surface area contributed by atoms with Gasteiger partial charge in [-0.3, -0.25) is 0 Å². The lowest BCUT2D eigenvalue weighted by Gasteiger charge is -2.25. The molecule has 1 saturated heterocycles. The maximum absolute atomic E-state index is 12.7. The van der Waals surface area contributed by atoms with E-state index in [0.717, 1.165) is 19.3 Å². The van der Waals surface area contributed by atoms with Gasteiger partial charge in [0, 0.05) is 18.7 Å². The van der Waals surface area contributed by atoms with E-state index in [0.29, 0.717) is 29.4 Å². The van der Waals surface area contributed by atoms with Crippen molar-refractivity contribution >= 4 is 26.0 Å². The van der Waals surface area contributed by atoms with Crippen LogP contribution < -0.4 is 5.32 Å². The predicted octanol–water partition coefficient (Wildman–Crippen LogP) is 1.93. The van der Waals surface area contributed by atoms with Crippen LogP contribution in [-0.2, 0) is 16.6 Å². The van der Waals surface area contributed by atoms with Crippen LogP contribution in [0.5, 0.6) is 0 Å². The zero-order valence-corrected chi connectivity index (χ0v) is 13.1. The highest BCUT2D eigenvalue weighted by molar-refractivity contribution is 9.10. The van der Waals surface area contributed by atoms with Gasteiger partial charge in [0.25, 0.3) is 0 Å². The summed E-state index contributed by atoms with van der Waals surface area (Å²) in [5.74, 6) is 1.17. The van der Waals surface area contributed by atoms with Gasteiger partial charge >= 0.3 is 0 Å². The molecule has 2 bridgehead atoms. The molecular formula is C12H17BrN2O3S. The van der Waals surface area contributed by atoms with Crippen LogP contribution in [0, 0.1) is 5.92 Å². The number of hydrogen-bond acceptors (Lipinski definition) is 4. The Labute approximate surface area is 121 Å². The van der Waals surface area contributed by atoms with E-state index in [1.807, 2.05) is 0 Å². The number of nitrogens with one attached hydrogen (secondary N) is 1. The van der Waals surface area contributed by atoms with Gasteiger partial charge in [0.05, 0.1) is 6.54 Å². The van der Waals surface area contributed by atoms with Crippen molar-refractivity contribution < 1.29 is 12.8 Å². The van der Waals surface area contributed by atoms with E-state index in [-0.39, 0.29) is 10.9 Å². The molecule has 1 aliphatic heterocycles. The Bertz CT molecular complexity index is 584. The van der Waals surface area contributed by atoms with Crippen LogP contribution in [-0.4, -0.2) is 32.4 Å². The average Bonchev–Trinajstić information content (AvgIpc) is 3.04. The van der Waals surface area contributed by atoms with Crippen LogP contribution in [0.3, 0.4) is 0 Å². The summed E-state index contributed by atoms with van der Waals surface area (Å²) in [6, 6.07) is 1.80. The largest absolute Gasteiger partial charge is 0.452 e. The van der Waals surface area contributed by atoms with Gasteiger partial charge < -0.3 is 9.73 Å². The first-order valence-corrected chi connectivity index (χ1v) is 8.70. The molecule has 0 spiro atoms. The quantitative estimate of drug-likeness (QED) is 0.902. The van der Waals surface area contributed by atoms with E-state index in [9.17, 15) is 8.42 Å². The Morgan fingerprint density at radius 3 is 2.89 bits per heavy atom. The predicted molar refractivity (Wildman–Crippen MR) is 74.2 cm³/mol. The molecule has 2 atom stereocenters. The smallest absolute Gasteiger partial charge is 0.247 e. The molecule has 2 heterocycles. The first kappa shape index (κ1) is 13.6. The van der Waals surface area contributed by atoms with Gasteiger partial charge in [-0.1, -0.05) is 0 Å². The third kappa shape index (κ3) is 2.26. The van der Waals surface area contributed by atoms with Gasteiger partial charge in [-0.05, 0) is 48.2 Å². The number of rotatable bonds is 4. The third-order valence-corrected chi connectivity index (χ3v) is 6.78. The summed E-state index contributed by atoms with van der Waals surface area (Å²) < 4.78 is 32.7. The van der Waals surface area contributed by atoms with Crippen LogP contribution in [0.4, 0.5) is 0 Å². The molecule has 106 valence electrons. The number of furan rings is 1. The van der Waals surface area contributed by atoms with E-state index in [1.165, 1.54) is 0 Å². The molecule has 0 amide bonds. The first-order valence-electron chi connectivity index (χ1n) is 6.47. The lowest BCUT2D eigenvalue weighted by atomic mass is 10.1. The minimum absolute atomic E-state index is 0.185. The number of piperidine rings is 1. The van der Waals surface area contributed by atoms with Crippen LogP contribution in [0.1, 0.15) is 25.0 Å². The van der Waals surface area contributed by atoms with E-state index in [2.05, 4.69) is 21.2 Å². The summed E-state index contributed by atoms with van der Waals surface area (Å²) in [6.45, 7) is 1.17. The fraction of sp³-hybridized carbons (Fsp3) is 0.667. The number of halogens is 1. The van der Waals surface area contributed by atoms with Crippen molar-refractivity contribution in [2.24, 2.45) is 5.92 Å². The molecular weight excluding hydrogens is 332 g/mol. The van der Waals surface area contributed by atoms with Gasteiger partial charge in [0.15, 0.2) is 4.67 Å². The van der Waals surface area contributed by atoms with Crippen molar-refractivity contribution in [3.8, 4) is 0 Å². The van der Waals surface area contributed by atoms with Crippen LogP contribution in [0.2, 0.25) is 0 Å². The fourth-order valence-corrected chi connectivity index (χ4v) is 5.84. The Balaban J connectivity index is 1.92. The maximum atomic E-state index is 12.7. The summed E-state index contributed by atoms with van der Waals surface area (Å²) in [4.78, 5) is 0.255. The summed E-state index contributed by atoms with van der Waals surface area (Å²) >= 11 is 3.22. The zero-order chi connectivity index (χ0) is 13.6. The first-order chi connectivity index (χ1) is 9.02. The molecule has 1 aromatic heterocycles. The van der Waals surface area contributed by atoms with Gasteiger partial charge in [0.1, 0.15) is 10.7 Å². The number of sulfonamides is 1. The van der Waals surface area contributed by atoms with E-state index >= 15 is 0 Å². The minimum atomic E-state index is -3.43. The van der Waals surface area contributed by atoms with Crippen LogP contribution in [0.15, 0.2) is 20.0 Å².